The van der Waals surface area contributed by atoms with E-state index in [4.69, 9.17) is 11.6 Å². The third-order valence-corrected chi connectivity index (χ3v) is 4.34. The van der Waals surface area contributed by atoms with Crippen LogP contribution in [0.4, 0.5) is 0 Å². The largest absolute Gasteiger partial charge is 0.325 e. The summed E-state index contributed by atoms with van der Waals surface area (Å²) in [5.41, 5.74) is 3.40. The molecule has 0 aliphatic carbocycles. The van der Waals surface area contributed by atoms with Crippen LogP contribution in [-0.2, 0) is 13.0 Å². The van der Waals surface area contributed by atoms with Crippen molar-refractivity contribution in [3.05, 3.63) is 52.8 Å². The molecule has 0 atom stereocenters. The van der Waals surface area contributed by atoms with Crippen molar-refractivity contribution in [1.29, 1.82) is 0 Å². The lowest BCUT2D eigenvalue weighted by atomic mass is 10.2. The molecule has 0 bridgehead atoms. The maximum Gasteiger partial charge on any atom is 0.190 e. The summed E-state index contributed by atoms with van der Waals surface area (Å²) in [5.74, 6) is 0. The van der Waals surface area contributed by atoms with Crippen LogP contribution < -0.4 is 0 Å². The molecule has 0 saturated heterocycles. The average molecular weight is 318 g/mol. The molecule has 3 nitrogen and oxygen atoms in total. The van der Waals surface area contributed by atoms with Crippen LogP contribution in [0.5, 0.6) is 0 Å². The Kier molecular flexibility index (Phi) is 4.17. The zero-order valence-electron chi connectivity index (χ0n) is 12.0. The van der Waals surface area contributed by atoms with Gasteiger partial charge in [-0.3, -0.25) is 0 Å². The SMILES string of the molecule is CCc1cc2c(Cl)nc(SC)nc2n1Cc1ccccc1. The van der Waals surface area contributed by atoms with Crippen molar-refractivity contribution in [1.82, 2.24) is 14.5 Å². The highest BCUT2D eigenvalue weighted by Crippen LogP contribution is 2.27. The van der Waals surface area contributed by atoms with E-state index in [0.29, 0.717) is 10.3 Å². The van der Waals surface area contributed by atoms with E-state index in [2.05, 4.69) is 51.8 Å². The zero-order valence-corrected chi connectivity index (χ0v) is 13.6. The molecular formula is C16H16ClN3S. The lowest BCUT2D eigenvalue weighted by Crippen LogP contribution is -2.05. The van der Waals surface area contributed by atoms with Gasteiger partial charge in [0, 0.05) is 12.2 Å². The van der Waals surface area contributed by atoms with Gasteiger partial charge in [-0.1, -0.05) is 60.6 Å². The van der Waals surface area contributed by atoms with E-state index in [1.54, 1.807) is 0 Å². The van der Waals surface area contributed by atoms with Crippen LogP contribution in [0.15, 0.2) is 41.6 Å². The molecule has 0 aliphatic heterocycles. The minimum absolute atomic E-state index is 0.533. The number of hydrogen-bond acceptors (Lipinski definition) is 3. The summed E-state index contributed by atoms with van der Waals surface area (Å²) < 4.78 is 2.23. The number of aromatic nitrogens is 3. The first-order valence-corrected chi connectivity index (χ1v) is 8.46. The van der Waals surface area contributed by atoms with Crippen molar-refractivity contribution in [2.75, 3.05) is 6.26 Å². The van der Waals surface area contributed by atoms with E-state index < -0.39 is 0 Å². The fourth-order valence-corrected chi connectivity index (χ4v) is 3.08. The molecule has 21 heavy (non-hydrogen) atoms. The van der Waals surface area contributed by atoms with Gasteiger partial charge in [-0.25, -0.2) is 9.97 Å². The fourth-order valence-electron chi connectivity index (χ4n) is 2.45. The van der Waals surface area contributed by atoms with Crippen molar-refractivity contribution in [3.63, 3.8) is 0 Å². The molecule has 108 valence electrons. The van der Waals surface area contributed by atoms with Crippen LogP contribution in [-0.4, -0.2) is 20.8 Å². The summed E-state index contributed by atoms with van der Waals surface area (Å²) in [4.78, 5) is 8.97. The Morgan fingerprint density at radius 3 is 2.62 bits per heavy atom. The Morgan fingerprint density at radius 1 is 1.19 bits per heavy atom. The van der Waals surface area contributed by atoms with Gasteiger partial charge in [0.05, 0.1) is 5.39 Å². The molecule has 0 N–H and O–H groups in total. The highest BCUT2D eigenvalue weighted by Gasteiger charge is 2.14. The molecule has 1 aromatic carbocycles. The van der Waals surface area contributed by atoms with Gasteiger partial charge >= 0.3 is 0 Å². The summed E-state index contributed by atoms with van der Waals surface area (Å²) >= 11 is 7.82. The first kappa shape index (κ1) is 14.4. The molecule has 3 rings (SSSR count). The van der Waals surface area contributed by atoms with E-state index in [1.165, 1.54) is 23.0 Å². The van der Waals surface area contributed by atoms with Crippen molar-refractivity contribution in [2.45, 2.75) is 25.0 Å². The van der Waals surface area contributed by atoms with Crippen molar-refractivity contribution in [3.8, 4) is 0 Å². The normalized spacial score (nSPS) is 11.2. The Balaban J connectivity index is 2.17. The van der Waals surface area contributed by atoms with Gasteiger partial charge in [0.15, 0.2) is 5.16 Å². The zero-order chi connectivity index (χ0) is 14.8. The van der Waals surface area contributed by atoms with Gasteiger partial charge < -0.3 is 4.57 Å². The molecule has 0 aliphatic rings. The number of hydrogen-bond donors (Lipinski definition) is 0. The summed E-state index contributed by atoms with van der Waals surface area (Å²) in [5, 5.41) is 2.18. The van der Waals surface area contributed by atoms with Crippen molar-refractivity contribution < 1.29 is 0 Å². The van der Waals surface area contributed by atoms with Crippen LogP contribution in [0.1, 0.15) is 18.2 Å². The molecular weight excluding hydrogens is 302 g/mol. The summed E-state index contributed by atoms with van der Waals surface area (Å²) in [7, 11) is 0. The van der Waals surface area contributed by atoms with Crippen molar-refractivity contribution in [2.24, 2.45) is 0 Å². The maximum absolute atomic E-state index is 6.31. The number of fused-ring (bicyclic) bond motifs is 1. The predicted molar refractivity (Wildman–Crippen MR) is 89.2 cm³/mol. The third-order valence-electron chi connectivity index (χ3n) is 3.50. The number of aryl methyl sites for hydroxylation is 1. The molecule has 0 unspecified atom stereocenters. The van der Waals surface area contributed by atoms with Crippen molar-refractivity contribution >= 4 is 34.4 Å². The summed E-state index contributed by atoms with van der Waals surface area (Å²) in [6.45, 7) is 2.95. The standard InChI is InChI=1S/C16H16ClN3S/c1-3-12-9-13-14(17)18-16(21-2)19-15(13)20(12)10-11-7-5-4-6-8-11/h4-9H,3,10H2,1-2H3. The lowest BCUT2D eigenvalue weighted by molar-refractivity contribution is 0.761. The highest BCUT2D eigenvalue weighted by molar-refractivity contribution is 7.98. The Bertz CT molecular complexity index is 768. The second kappa shape index (κ2) is 6.08. The number of halogens is 1. The molecule has 2 heterocycles. The number of benzene rings is 1. The van der Waals surface area contributed by atoms with Gasteiger partial charge in [0.1, 0.15) is 10.8 Å². The van der Waals surface area contributed by atoms with Crippen LogP contribution >= 0.6 is 23.4 Å². The van der Waals surface area contributed by atoms with E-state index in [9.17, 15) is 0 Å². The van der Waals surface area contributed by atoms with E-state index in [-0.39, 0.29) is 0 Å². The minimum Gasteiger partial charge on any atom is -0.325 e. The summed E-state index contributed by atoms with van der Waals surface area (Å²) in [6, 6.07) is 12.5. The van der Waals surface area contributed by atoms with Crippen LogP contribution in [0.3, 0.4) is 0 Å². The molecule has 0 saturated carbocycles. The first-order chi connectivity index (χ1) is 10.2. The molecule has 0 amide bonds. The molecule has 5 heteroatoms. The Labute approximate surface area is 133 Å². The smallest absolute Gasteiger partial charge is 0.190 e. The monoisotopic (exact) mass is 317 g/mol. The third kappa shape index (κ3) is 2.78. The second-order valence-corrected chi connectivity index (χ2v) is 5.93. The van der Waals surface area contributed by atoms with Crippen LogP contribution in [0.2, 0.25) is 5.15 Å². The van der Waals surface area contributed by atoms with E-state index in [1.807, 2.05) is 12.3 Å². The molecule has 0 radical (unpaired) electrons. The maximum atomic E-state index is 6.31. The highest BCUT2D eigenvalue weighted by atomic mass is 35.5. The minimum atomic E-state index is 0.533. The van der Waals surface area contributed by atoms with Crippen LogP contribution in [0, 0.1) is 0 Å². The molecule has 0 fully saturated rings. The van der Waals surface area contributed by atoms with Gasteiger partial charge in [0.2, 0.25) is 0 Å². The van der Waals surface area contributed by atoms with Gasteiger partial charge in [-0.2, -0.15) is 0 Å². The quantitative estimate of drug-likeness (QED) is 0.405. The lowest BCUT2D eigenvalue weighted by Gasteiger charge is -2.09. The number of nitrogens with zero attached hydrogens (tertiary/aromatic N) is 3. The Hall–Kier alpha value is -1.52. The number of rotatable bonds is 4. The second-order valence-electron chi connectivity index (χ2n) is 4.80. The van der Waals surface area contributed by atoms with E-state index >= 15 is 0 Å². The average Bonchev–Trinajstić information content (AvgIpc) is 2.87. The van der Waals surface area contributed by atoms with Gasteiger partial charge in [-0.15, -0.1) is 0 Å². The topological polar surface area (TPSA) is 30.7 Å². The first-order valence-electron chi connectivity index (χ1n) is 6.86. The van der Waals surface area contributed by atoms with Gasteiger partial charge in [-0.05, 0) is 24.3 Å². The molecule has 3 aromatic rings. The molecule has 0 spiro atoms. The fraction of sp³-hybridized carbons (Fsp3) is 0.250. The van der Waals surface area contributed by atoms with Gasteiger partial charge in [0.25, 0.3) is 0 Å². The predicted octanol–water partition coefficient (Wildman–Crippen LogP) is 4.42. The summed E-state index contributed by atoms with van der Waals surface area (Å²) in [6.07, 6.45) is 2.90. The van der Waals surface area contributed by atoms with Crippen LogP contribution in [0.25, 0.3) is 11.0 Å². The number of thioether (sulfide) groups is 1. The van der Waals surface area contributed by atoms with E-state index in [0.717, 1.165) is 24.0 Å². The Morgan fingerprint density at radius 2 is 1.95 bits per heavy atom. The molecule has 2 aromatic heterocycles.